The Morgan fingerprint density at radius 3 is 2.62 bits per heavy atom. The van der Waals surface area contributed by atoms with Gasteiger partial charge in [0.15, 0.2) is 0 Å². The second-order valence-corrected chi connectivity index (χ2v) is 4.70. The number of carbonyl (C=O) groups is 1. The Hall–Kier alpha value is -1.15. The number of hydrogen-bond donors (Lipinski definition) is 0. The van der Waals surface area contributed by atoms with Crippen LogP contribution < -0.4 is 0 Å². The highest BCUT2D eigenvalue weighted by Gasteiger charge is 2.06. The molecule has 0 saturated carbocycles. The molecule has 1 aromatic rings. The standard InChI is InChI=1S/C14H21NO/c1-11(2)13-6-5-12(3)14(9-13)10-15(4)7-8-16/h5-6,8-9,11H,7,10H2,1-4H3. The molecule has 16 heavy (non-hydrogen) atoms. The third-order valence-corrected chi connectivity index (χ3v) is 2.87. The highest BCUT2D eigenvalue weighted by Crippen LogP contribution is 2.19. The van der Waals surface area contributed by atoms with Crippen LogP contribution in [0.25, 0.3) is 0 Å². The number of hydrogen-bond acceptors (Lipinski definition) is 2. The summed E-state index contributed by atoms with van der Waals surface area (Å²) < 4.78 is 0. The van der Waals surface area contributed by atoms with Crippen LogP contribution in [-0.4, -0.2) is 24.8 Å². The molecule has 88 valence electrons. The van der Waals surface area contributed by atoms with E-state index in [-0.39, 0.29) is 0 Å². The summed E-state index contributed by atoms with van der Waals surface area (Å²) in [6, 6.07) is 6.60. The molecule has 1 rings (SSSR count). The van der Waals surface area contributed by atoms with Crippen molar-refractivity contribution < 1.29 is 4.79 Å². The molecule has 2 heteroatoms. The molecular weight excluding hydrogens is 198 g/mol. The van der Waals surface area contributed by atoms with Crippen LogP contribution in [0.3, 0.4) is 0 Å². The van der Waals surface area contributed by atoms with Gasteiger partial charge in [0.05, 0.1) is 6.54 Å². The topological polar surface area (TPSA) is 20.3 Å². The molecule has 2 nitrogen and oxygen atoms in total. The summed E-state index contributed by atoms with van der Waals surface area (Å²) in [7, 11) is 1.97. The van der Waals surface area contributed by atoms with Crippen molar-refractivity contribution in [3.8, 4) is 0 Å². The zero-order valence-corrected chi connectivity index (χ0v) is 10.7. The van der Waals surface area contributed by atoms with Gasteiger partial charge in [0.1, 0.15) is 6.29 Å². The summed E-state index contributed by atoms with van der Waals surface area (Å²) in [6.07, 6.45) is 0.946. The van der Waals surface area contributed by atoms with E-state index in [2.05, 4.69) is 39.0 Å². The van der Waals surface area contributed by atoms with Gasteiger partial charge in [-0.2, -0.15) is 0 Å². The first kappa shape index (κ1) is 12.9. The fourth-order valence-corrected chi connectivity index (χ4v) is 1.70. The minimum Gasteiger partial charge on any atom is -0.302 e. The third kappa shape index (κ3) is 3.46. The van der Waals surface area contributed by atoms with Crippen molar-refractivity contribution in [2.24, 2.45) is 0 Å². The lowest BCUT2D eigenvalue weighted by Crippen LogP contribution is -2.20. The number of rotatable bonds is 5. The van der Waals surface area contributed by atoms with Crippen molar-refractivity contribution in [3.63, 3.8) is 0 Å². The van der Waals surface area contributed by atoms with Gasteiger partial charge in [-0.3, -0.25) is 4.90 Å². The fraction of sp³-hybridized carbons (Fsp3) is 0.500. The number of likely N-dealkylation sites (N-methyl/N-ethyl adjacent to an activating group) is 1. The van der Waals surface area contributed by atoms with Crippen LogP contribution in [0.15, 0.2) is 18.2 Å². The zero-order chi connectivity index (χ0) is 12.1. The van der Waals surface area contributed by atoms with Crippen molar-refractivity contribution in [3.05, 3.63) is 34.9 Å². The molecule has 0 atom stereocenters. The minimum absolute atomic E-state index is 0.491. The molecule has 0 amide bonds. The van der Waals surface area contributed by atoms with E-state index in [1.807, 2.05) is 11.9 Å². The predicted octanol–water partition coefficient (Wildman–Crippen LogP) is 2.75. The Kier molecular flexibility index (Phi) is 4.69. The molecule has 0 saturated heterocycles. The van der Waals surface area contributed by atoms with Gasteiger partial charge >= 0.3 is 0 Å². The molecule has 0 unspecified atom stereocenters. The van der Waals surface area contributed by atoms with Crippen molar-refractivity contribution in [1.29, 1.82) is 0 Å². The molecule has 0 N–H and O–H groups in total. The maximum Gasteiger partial charge on any atom is 0.133 e. The Morgan fingerprint density at radius 2 is 2.06 bits per heavy atom. The van der Waals surface area contributed by atoms with Crippen LogP contribution in [0.5, 0.6) is 0 Å². The zero-order valence-electron chi connectivity index (χ0n) is 10.7. The van der Waals surface area contributed by atoms with Crippen LogP contribution in [-0.2, 0) is 11.3 Å². The highest BCUT2D eigenvalue weighted by molar-refractivity contribution is 5.51. The van der Waals surface area contributed by atoms with E-state index in [9.17, 15) is 4.79 Å². The number of aldehydes is 1. The number of nitrogens with zero attached hydrogens (tertiary/aromatic N) is 1. The summed E-state index contributed by atoms with van der Waals surface area (Å²) in [5, 5.41) is 0. The third-order valence-electron chi connectivity index (χ3n) is 2.87. The predicted molar refractivity (Wildman–Crippen MR) is 67.7 cm³/mol. The van der Waals surface area contributed by atoms with Crippen LogP contribution in [0, 0.1) is 6.92 Å². The van der Waals surface area contributed by atoms with Gasteiger partial charge < -0.3 is 4.79 Å². The Labute approximate surface area is 98.3 Å². The quantitative estimate of drug-likeness (QED) is 0.710. The smallest absolute Gasteiger partial charge is 0.133 e. The summed E-state index contributed by atoms with van der Waals surface area (Å²) in [5.74, 6) is 0.552. The van der Waals surface area contributed by atoms with E-state index in [0.717, 1.165) is 12.8 Å². The van der Waals surface area contributed by atoms with Crippen LogP contribution in [0.1, 0.15) is 36.5 Å². The molecule has 0 heterocycles. The lowest BCUT2D eigenvalue weighted by Gasteiger charge is -2.17. The maximum absolute atomic E-state index is 10.4. The highest BCUT2D eigenvalue weighted by atomic mass is 16.1. The summed E-state index contributed by atoms with van der Waals surface area (Å²) in [4.78, 5) is 12.5. The van der Waals surface area contributed by atoms with Gasteiger partial charge in [0.2, 0.25) is 0 Å². The van der Waals surface area contributed by atoms with E-state index in [4.69, 9.17) is 0 Å². The second-order valence-electron chi connectivity index (χ2n) is 4.70. The SMILES string of the molecule is Cc1ccc(C(C)C)cc1CN(C)CC=O. The Bertz CT molecular complexity index is 358. The van der Waals surface area contributed by atoms with Gasteiger partial charge in [-0.05, 0) is 36.6 Å². The summed E-state index contributed by atoms with van der Waals surface area (Å²) >= 11 is 0. The number of carbonyl (C=O) groups excluding carboxylic acids is 1. The largest absolute Gasteiger partial charge is 0.302 e. The molecule has 0 bridgehead atoms. The van der Waals surface area contributed by atoms with E-state index >= 15 is 0 Å². The monoisotopic (exact) mass is 219 g/mol. The van der Waals surface area contributed by atoms with E-state index in [1.165, 1.54) is 16.7 Å². The molecule has 0 aromatic heterocycles. The van der Waals surface area contributed by atoms with Gasteiger partial charge in [-0.25, -0.2) is 0 Å². The van der Waals surface area contributed by atoms with Gasteiger partial charge in [0, 0.05) is 6.54 Å². The molecule has 0 aliphatic carbocycles. The molecular formula is C14H21NO. The van der Waals surface area contributed by atoms with Crippen molar-refractivity contribution >= 4 is 6.29 Å². The Balaban J connectivity index is 2.85. The van der Waals surface area contributed by atoms with Gasteiger partial charge in [-0.1, -0.05) is 32.0 Å². The van der Waals surface area contributed by atoms with Crippen LogP contribution >= 0.6 is 0 Å². The maximum atomic E-state index is 10.4. The lowest BCUT2D eigenvalue weighted by molar-refractivity contribution is -0.108. The van der Waals surface area contributed by atoms with Crippen molar-refractivity contribution in [1.82, 2.24) is 4.90 Å². The van der Waals surface area contributed by atoms with E-state index in [0.29, 0.717) is 12.5 Å². The van der Waals surface area contributed by atoms with Gasteiger partial charge in [-0.15, -0.1) is 0 Å². The average Bonchev–Trinajstić information content (AvgIpc) is 2.21. The molecule has 0 spiro atoms. The van der Waals surface area contributed by atoms with Crippen LogP contribution in [0.4, 0.5) is 0 Å². The summed E-state index contributed by atoms with van der Waals surface area (Å²) in [5.41, 5.74) is 3.97. The van der Waals surface area contributed by atoms with Crippen molar-refractivity contribution in [2.75, 3.05) is 13.6 Å². The second kappa shape index (κ2) is 5.80. The molecule has 1 aromatic carbocycles. The average molecular weight is 219 g/mol. The van der Waals surface area contributed by atoms with Gasteiger partial charge in [0.25, 0.3) is 0 Å². The number of aryl methyl sites for hydroxylation is 1. The Morgan fingerprint density at radius 1 is 1.38 bits per heavy atom. The first-order valence-corrected chi connectivity index (χ1v) is 5.76. The van der Waals surface area contributed by atoms with Crippen LogP contribution in [0.2, 0.25) is 0 Å². The first-order chi connectivity index (χ1) is 7.54. The fourth-order valence-electron chi connectivity index (χ4n) is 1.70. The first-order valence-electron chi connectivity index (χ1n) is 5.76. The molecule has 0 fully saturated rings. The minimum atomic E-state index is 0.491. The summed E-state index contributed by atoms with van der Waals surface area (Å²) in [6.45, 7) is 7.85. The van der Waals surface area contributed by atoms with E-state index in [1.54, 1.807) is 0 Å². The molecule has 0 aliphatic rings. The molecule has 0 radical (unpaired) electrons. The number of benzene rings is 1. The van der Waals surface area contributed by atoms with Crippen molar-refractivity contribution in [2.45, 2.75) is 33.2 Å². The molecule has 0 aliphatic heterocycles. The van der Waals surface area contributed by atoms with E-state index < -0.39 is 0 Å². The normalized spacial score (nSPS) is 11.1. The lowest BCUT2D eigenvalue weighted by atomic mass is 9.97.